The zero-order valence-electron chi connectivity index (χ0n) is 24.5. The number of imidazole rings is 1. The molecule has 0 radical (unpaired) electrons. The van der Waals surface area contributed by atoms with Crippen molar-refractivity contribution in [2.75, 3.05) is 25.0 Å². The average molecular weight is 575 g/mol. The molecule has 4 rings (SSSR count). The Bertz CT molecular complexity index is 1300. The van der Waals surface area contributed by atoms with Crippen LogP contribution in [0.4, 0.5) is 5.82 Å². The summed E-state index contributed by atoms with van der Waals surface area (Å²) in [5.41, 5.74) is 6.95. The minimum atomic E-state index is -1.18. The second-order valence-electron chi connectivity index (χ2n) is 11.4. The molecule has 2 aromatic carbocycles. The van der Waals surface area contributed by atoms with Crippen LogP contribution in [0.5, 0.6) is 0 Å². The van der Waals surface area contributed by atoms with E-state index in [-0.39, 0.29) is 24.9 Å². The smallest absolute Gasteiger partial charge is 0.250 e. The maximum Gasteiger partial charge on any atom is 0.250 e. The van der Waals surface area contributed by atoms with E-state index in [4.69, 9.17) is 10.5 Å². The topological polar surface area (TPSA) is 132 Å². The highest BCUT2D eigenvalue weighted by molar-refractivity contribution is 5.98. The number of nitrogens with one attached hydrogen (secondary N) is 2. The molecule has 224 valence electrons. The Hall–Kier alpha value is -4.02. The summed E-state index contributed by atoms with van der Waals surface area (Å²) in [6.45, 7) is 4.88. The van der Waals surface area contributed by atoms with Crippen molar-refractivity contribution in [3.63, 3.8) is 0 Å². The minimum absolute atomic E-state index is 0.0567. The van der Waals surface area contributed by atoms with Crippen LogP contribution in [-0.4, -0.2) is 63.4 Å². The van der Waals surface area contributed by atoms with Gasteiger partial charge in [-0.3, -0.25) is 14.4 Å². The fraction of sp³-hybridized carbons (Fsp3) is 0.438. The molecule has 1 fully saturated rings. The fourth-order valence-corrected chi connectivity index (χ4v) is 4.87. The molecule has 10 nitrogen and oxygen atoms in total. The lowest BCUT2D eigenvalue weighted by Crippen LogP contribution is -2.56. The standard InChI is InChI=1S/C32H42N6O4/c1-32(2,33)31(41)35-26(22-42-21-25-14-7-4-8-15-25)29(39)36-28-20-38(23-34-28)27(30(40)37-18-9-10-19-37)17-11-16-24-12-5-3-6-13-24/h3-8,12-15,20,23,26-27H,9-11,16-19,21-22,33H2,1-2H3,(H,35,41)(H,36,39)/t26-,27?/m1/s1. The molecule has 1 saturated heterocycles. The van der Waals surface area contributed by atoms with E-state index in [2.05, 4.69) is 27.8 Å². The van der Waals surface area contributed by atoms with E-state index in [1.54, 1.807) is 30.9 Å². The Morgan fingerprint density at radius 3 is 2.29 bits per heavy atom. The van der Waals surface area contributed by atoms with Crippen LogP contribution in [0.1, 0.15) is 56.7 Å². The maximum atomic E-state index is 13.5. The number of anilines is 1. The lowest BCUT2D eigenvalue weighted by atomic mass is 10.0. The minimum Gasteiger partial charge on any atom is -0.374 e. The third kappa shape index (κ3) is 8.99. The van der Waals surface area contributed by atoms with E-state index in [1.165, 1.54) is 5.56 Å². The van der Waals surface area contributed by atoms with Crippen molar-refractivity contribution >= 4 is 23.5 Å². The van der Waals surface area contributed by atoms with Crippen LogP contribution in [0.2, 0.25) is 0 Å². The van der Waals surface area contributed by atoms with E-state index >= 15 is 0 Å². The van der Waals surface area contributed by atoms with Gasteiger partial charge in [0.1, 0.15) is 12.1 Å². The number of rotatable bonds is 14. The van der Waals surface area contributed by atoms with Crippen LogP contribution in [0, 0.1) is 0 Å². The number of aromatic nitrogens is 2. The molecular weight excluding hydrogens is 532 g/mol. The van der Waals surface area contributed by atoms with Crippen molar-refractivity contribution in [1.82, 2.24) is 19.8 Å². The lowest BCUT2D eigenvalue weighted by molar-refractivity contribution is -0.134. The van der Waals surface area contributed by atoms with Crippen molar-refractivity contribution in [3.05, 3.63) is 84.3 Å². The van der Waals surface area contributed by atoms with Crippen molar-refractivity contribution in [3.8, 4) is 0 Å². The molecule has 0 aliphatic carbocycles. The Labute approximate surface area is 247 Å². The van der Waals surface area contributed by atoms with E-state index in [0.717, 1.165) is 44.3 Å². The first-order chi connectivity index (χ1) is 20.2. The monoisotopic (exact) mass is 574 g/mol. The number of nitrogens with two attached hydrogens (primary N) is 1. The van der Waals surface area contributed by atoms with Crippen LogP contribution >= 0.6 is 0 Å². The second-order valence-corrected chi connectivity index (χ2v) is 11.4. The summed E-state index contributed by atoms with van der Waals surface area (Å²) in [5, 5.41) is 5.48. The van der Waals surface area contributed by atoms with E-state index in [1.807, 2.05) is 53.4 Å². The molecule has 1 aliphatic heterocycles. The zero-order valence-corrected chi connectivity index (χ0v) is 24.5. The average Bonchev–Trinajstić information content (AvgIpc) is 3.68. The van der Waals surface area contributed by atoms with Crippen molar-refractivity contribution in [2.45, 2.75) is 70.2 Å². The Morgan fingerprint density at radius 1 is 1.00 bits per heavy atom. The summed E-state index contributed by atoms with van der Waals surface area (Å²) in [6, 6.07) is 18.3. The van der Waals surface area contributed by atoms with Gasteiger partial charge in [0.05, 0.1) is 25.1 Å². The van der Waals surface area contributed by atoms with Gasteiger partial charge in [0.25, 0.3) is 5.91 Å². The quantitative estimate of drug-likeness (QED) is 0.270. The molecular formula is C32H42N6O4. The number of hydrogen-bond donors (Lipinski definition) is 3. The number of amides is 3. The summed E-state index contributed by atoms with van der Waals surface area (Å²) in [6.07, 6.45) is 7.61. The summed E-state index contributed by atoms with van der Waals surface area (Å²) in [7, 11) is 0. The van der Waals surface area contributed by atoms with Gasteiger partial charge in [-0.25, -0.2) is 4.98 Å². The summed E-state index contributed by atoms with van der Waals surface area (Å²) >= 11 is 0. The third-order valence-electron chi connectivity index (χ3n) is 7.30. The number of ether oxygens (including phenoxy) is 1. The molecule has 42 heavy (non-hydrogen) atoms. The highest BCUT2D eigenvalue weighted by Crippen LogP contribution is 2.23. The van der Waals surface area contributed by atoms with Gasteiger partial charge in [-0.2, -0.15) is 0 Å². The maximum absolute atomic E-state index is 13.5. The third-order valence-corrected chi connectivity index (χ3v) is 7.30. The SMILES string of the molecule is CC(C)(N)C(=O)N[C@H](COCc1ccccc1)C(=O)Nc1cn(C(CCCc2ccccc2)C(=O)N2CCCC2)cn1. The molecule has 1 aromatic heterocycles. The van der Waals surface area contributed by atoms with Gasteiger partial charge in [-0.1, -0.05) is 60.7 Å². The molecule has 0 spiro atoms. The highest BCUT2D eigenvalue weighted by Gasteiger charge is 2.30. The zero-order chi connectivity index (χ0) is 30.0. The molecule has 0 saturated carbocycles. The highest BCUT2D eigenvalue weighted by atomic mass is 16.5. The number of likely N-dealkylation sites (tertiary alicyclic amines) is 1. The van der Waals surface area contributed by atoms with Gasteiger partial charge in [-0.15, -0.1) is 0 Å². The summed E-state index contributed by atoms with van der Waals surface area (Å²) < 4.78 is 7.56. The largest absolute Gasteiger partial charge is 0.374 e. The van der Waals surface area contributed by atoms with Gasteiger partial charge < -0.3 is 30.6 Å². The molecule has 1 unspecified atom stereocenters. The van der Waals surface area contributed by atoms with Crippen molar-refractivity contribution in [2.24, 2.45) is 5.73 Å². The molecule has 0 bridgehead atoms. The van der Waals surface area contributed by atoms with Crippen LogP contribution in [0.3, 0.4) is 0 Å². The number of aryl methyl sites for hydroxylation is 1. The predicted molar refractivity (Wildman–Crippen MR) is 161 cm³/mol. The first-order valence-electron chi connectivity index (χ1n) is 14.6. The molecule has 10 heteroatoms. The first-order valence-corrected chi connectivity index (χ1v) is 14.6. The normalized spacial score (nSPS) is 14.8. The molecule has 2 atom stereocenters. The summed E-state index contributed by atoms with van der Waals surface area (Å²) in [4.78, 5) is 45.7. The van der Waals surface area contributed by atoms with Crippen molar-refractivity contribution < 1.29 is 19.1 Å². The number of carbonyl (C=O) groups is 3. The number of hydrogen-bond acceptors (Lipinski definition) is 6. The first kappa shape index (κ1) is 30.9. The number of carbonyl (C=O) groups excluding carboxylic acids is 3. The number of nitrogens with zero attached hydrogens (tertiary/aromatic N) is 3. The lowest BCUT2D eigenvalue weighted by Gasteiger charge is -2.24. The Balaban J connectivity index is 1.43. The van der Waals surface area contributed by atoms with E-state index in [0.29, 0.717) is 6.42 Å². The fourth-order valence-electron chi connectivity index (χ4n) is 4.87. The van der Waals surface area contributed by atoms with Gasteiger partial charge in [-0.05, 0) is 57.1 Å². The van der Waals surface area contributed by atoms with Gasteiger partial charge in [0.15, 0.2) is 5.82 Å². The molecule has 3 amide bonds. The van der Waals surface area contributed by atoms with Crippen LogP contribution in [-0.2, 0) is 32.1 Å². The number of benzene rings is 2. The second kappa shape index (κ2) is 14.7. The van der Waals surface area contributed by atoms with E-state index in [9.17, 15) is 14.4 Å². The Morgan fingerprint density at radius 2 is 1.64 bits per heavy atom. The Kier molecular flexibility index (Phi) is 10.9. The van der Waals surface area contributed by atoms with Crippen LogP contribution < -0.4 is 16.4 Å². The molecule has 1 aliphatic rings. The molecule has 2 heterocycles. The summed E-state index contributed by atoms with van der Waals surface area (Å²) in [5.74, 6) is -0.611. The van der Waals surface area contributed by atoms with Crippen LogP contribution in [0.25, 0.3) is 0 Å². The molecule has 4 N–H and O–H groups in total. The van der Waals surface area contributed by atoms with E-state index < -0.39 is 29.4 Å². The molecule has 3 aromatic rings. The van der Waals surface area contributed by atoms with Gasteiger partial charge in [0, 0.05) is 19.3 Å². The van der Waals surface area contributed by atoms with Gasteiger partial charge in [0.2, 0.25) is 11.8 Å². The van der Waals surface area contributed by atoms with Crippen molar-refractivity contribution in [1.29, 1.82) is 0 Å². The predicted octanol–water partition coefficient (Wildman–Crippen LogP) is 3.45. The van der Waals surface area contributed by atoms with Gasteiger partial charge >= 0.3 is 0 Å². The van der Waals surface area contributed by atoms with Crippen LogP contribution in [0.15, 0.2) is 73.2 Å².